The SMILES string of the molecule is O=[N+]([O-])c1cc(CO)cc(C(F)F)n1. The van der Waals surface area contributed by atoms with Gasteiger partial charge < -0.3 is 15.2 Å². The molecule has 0 saturated heterocycles. The number of nitro groups is 1. The highest BCUT2D eigenvalue weighted by Gasteiger charge is 2.19. The Morgan fingerprint density at radius 3 is 2.64 bits per heavy atom. The zero-order valence-electron chi connectivity index (χ0n) is 6.85. The van der Waals surface area contributed by atoms with Crippen LogP contribution in [-0.4, -0.2) is 15.0 Å². The van der Waals surface area contributed by atoms with Gasteiger partial charge in [0.05, 0.1) is 6.61 Å². The number of hydrogen-bond acceptors (Lipinski definition) is 4. The van der Waals surface area contributed by atoms with Gasteiger partial charge in [-0.1, -0.05) is 0 Å². The highest BCUT2D eigenvalue weighted by molar-refractivity contribution is 5.29. The standard InChI is InChI=1S/C7H6F2N2O3/c8-7(9)5-1-4(3-12)2-6(10-5)11(13)14/h1-2,7,12H,3H2. The quantitative estimate of drug-likeness (QED) is 0.596. The molecule has 0 bridgehead atoms. The van der Waals surface area contributed by atoms with Crippen LogP contribution in [0.4, 0.5) is 14.6 Å². The molecule has 7 heteroatoms. The lowest BCUT2D eigenvalue weighted by Gasteiger charge is -1.99. The summed E-state index contributed by atoms with van der Waals surface area (Å²) in [5.41, 5.74) is -0.662. The van der Waals surface area contributed by atoms with Crippen molar-refractivity contribution in [3.05, 3.63) is 33.5 Å². The summed E-state index contributed by atoms with van der Waals surface area (Å²) in [6, 6.07) is 1.88. The summed E-state index contributed by atoms with van der Waals surface area (Å²) in [5, 5.41) is 18.9. The van der Waals surface area contributed by atoms with Crippen LogP contribution in [0.3, 0.4) is 0 Å². The van der Waals surface area contributed by atoms with Crippen molar-refractivity contribution in [1.29, 1.82) is 0 Å². The maximum absolute atomic E-state index is 12.2. The second-order valence-electron chi connectivity index (χ2n) is 2.47. The van der Waals surface area contributed by atoms with Crippen molar-refractivity contribution in [2.75, 3.05) is 0 Å². The van der Waals surface area contributed by atoms with Gasteiger partial charge in [0, 0.05) is 6.07 Å². The highest BCUT2D eigenvalue weighted by Crippen LogP contribution is 2.21. The molecule has 0 aromatic carbocycles. The Kier molecular flexibility index (Phi) is 3.03. The highest BCUT2D eigenvalue weighted by atomic mass is 19.3. The smallest absolute Gasteiger partial charge is 0.364 e. The molecule has 0 fully saturated rings. The third-order valence-corrected chi connectivity index (χ3v) is 1.48. The summed E-state index contributed by atoms with van der Waals surface area (Å²) >= 11 is 0. The molecule has 1 heterocycles. The molecule has 0 atom stereocenters. The van der Waals surface area contributed by atoms with Crippen molar-refractivity contribution in [2.45, 2.75) is 13.0 Å². The number of alkyl halides is 2. The maximum atomic E-state index is 12.2. The Morgan fingerprint density at radius 1 is 1.57 bits per heavy atom. The molecule has 1 aromatic rings. The van der Waals surface area contributed by atoms with Gasteiger partial charge in [-0.05, 0) is 21.5 Å². The average Bonchev–Trinajstić information content (AvgIpc) is 2.16. The van der Waals surface area contributed by atoms with E-state index in [1.165, 1.54) is 0 Å². The Hall–Kier alpha value is -1.63. The van der Waals surface area contributed by atoms with Crippen molar-refractivity contribution < 1.29 is 18.8 Å². The summed E-state index contributed by atoms with van der Waals surface area (Å²) in [6.45, 7) is -0.539. The Morgan fingerprint density at radius 2 is 2.21 bits per heavy atom. The van der Waals surface area contributed by atoms with Crippen molar-refractivity contribution in [1.82, 2.24) is 4.98 Å². The lowest BCUT2D eigenvalue weighted by molar-refractivity contribution is -0.389. The van der Waals surface area contributed by atoms with E-state index in [1.54, 1.807) is 0 Å². The van der Waals surface area contributed by atoms with E-state index in [0.29, 0.717) is 0 Å². The molecule has 5 nitrogen and oxygen atoms in total. The van der Waals surface area contributed by atoms with Crippen LogP contribution in [0.5, 0.6) is 0 Å². The van der Waals surface area contributed by atoms with E-state index in [2.05, 4.69) is 4.98 Å². The van der Waals surface area contributed by atoms with E-state index in [4.69, 9.17) is 5.11 Å². The van der Waals surface area contributed by atoms with Crippen LogP contribution >= 0.6 is 0 Å². The van der Waals surface area contributed by atoms with Crippen LogP contribution < -0.4 is 0 Å². The molecule has 0 spiro atoms. The summed E-state index contributed by atoms with van der Waals surface area (Å²) < 4.78 is 24.3. The van der Waals surface area contributed by atoms with Gasteiger partial charge in [-0.2, -0.15) is 0 Å². The fraction of sp³-hybridized carbons (Fsp3) is 0.286. The van der Waals surface area contributed by atoms with E-state index in [9.17, 15) is 18.9 Å². The molecule has 0 aliphatic rings. The number of halogens is 2. The first kappa shape index (κ1) is 10.5. The minimum atomic E-state index is -2.89. The van der Waals surface area contributed by atoms with Gasteiger partial charge in [-0.3, -0.25) is 0 Å². The number of aliphatic hydroxyl groups excluding tert-OH is 1. The van der Waals surface area contributed by atoms with Crippen LogP contribution in [-0.2, 0) is 6.61 Å². The molecule has 1 rings (SSSR count). The molecule has 1 N–H and O–H groups in total. The topological polar surface area (TPSA) is 76.3 Å². The zero-order valence-corrected chi connectivity index (χ0v) is 6.85. The minimum Gasteiger partial charge on any atom is -0.392 e. The summed E-state index contributed by atoms with van der Waals surface area (Å²) in [6.07, 6.45) is -2.89. The van der Waals surface area contributed by atoms with Gasteiger partial charge >= 0.3 is 12.2 Å². The Balaban J connectivity index is 3.20. The molecule has 0 saturated carbocycles. The largest absolute Gasteiger partial charge is 0.392 e. The molecule has 0 amide bonds. The predicted molar refractivity (Wildman–Crippen MR) is 41.8 cm³/mol. The van der Waals surface area contributed by atoms with Crippen molar-refractivity contribution in [3.8, 4) is 0 Å². The van der Waals surface area contributed by atoms with Crippen LogP contribution in [0.15, 0.2) is 12.1 Å². The molecule has 0 unspecified atom stereocenters. The Labute approximate surface area is 77.2 Å². The third-order valence-electron chi connectivity index (χ3n) is 1.48. The van der Waals surface area contributed by atoms with Gasteiger partial charge in [0.2, 0.25) is 5.69 Å². The van der Waals surface area contributed by atoms with Gasteiger partial charge in [0.1, 0.15) is 0 Å². The van der Waals surface area contributed by atoms with E-state index < -0.39 is 29.5 Å². The number of rotatable bonds is 3. The summed E-state index contributed by atoms with van der Waals surface area (Å²) in [5.74, 6) is -0.688. The lowest BCUT2D eigenvalue weighted by Crippen LogP contribution is -1.99. The van der Waals surface area contributed by atoms with E-state index in [-0.39, 0.29) is 5.56 Å². The molecule has 0 aliphatic carbocycles. The van der Waals surface area contributed by atoms with E-state index in [0.717, 1.165) is 12.1 Å². The fourth-order valence-corrected chi connectivity index (χ4v) is 0.891. The number of aliphatic hydroxyl groups is 1. The number of pyridine rings is 1. The van der Waals surface area contributed by atoms with Crippen LogP contribution in [0.1, 0.15) is 17.7 Å². The molecule has 76 valence electrons. The fourth-order valence-electron chi connectivity index (χ4n) is 0.891. The second-order valence-corrected chi connectivity index (χ2v) is 2.47. The van der Waals surface area contributed by atoms with Crippen molar-refractivity contribution >= 4 is 5.82 Å². The molecule has 0 aliphatic heterocycles. The van der Waals surface area contributed by atoms with E-state index in [1.807, 2.05) is 0 Å². The first-order valence-corrected chi connectivity index (χ1v) is 3.59. The van der Waals surface area contributed by atoms with Crippen LogP contribution in [0.25, 0.3) is 0 Å². The van der Waals surface area contributed by atoms with Gasteiger partial charge in [-0.25, -0.2) is 8.78 Å². The Bertz CT molecular complexity index is 357. The third kappa shape index (κ3) is 2.19. The lowest BCUT2D eigenvalue weighted by atomic mass is 10.2. The normalized spacial score (nSPS) is 10.6. The molecule has 1 aromatic heterocycles. The van der Waals surface area contributed by atoms with Gasteiger partial charge in [0.25, 0.3) is 0 Å². The van der Waals surface area contributed by atoms with Crippen molar-refractivity contribution in [2.24, 2.45) is 0 Å². The summed E-state index contributed by atoms with van der Waals surface area (Å²) in [7, 11) is 0. The number of hydrogen-bond donors (Lipinski definition) is 1. The molecule has 0 radical (unpaired) electrons. The van der Waals surface area contributed by atoms with Gasteiger partial charge in [0.15, 0.2) is 0 Å². The molecular formula is C7H6F2N2O3. The number of aromatic nitrogens is 1. The monoisotopic (exact) mass is 204 g/mol. The average molecular weight is 204 g/mol. The molecule has 14 heavy (non-hydrogen) atoms. The first-order chi connectivity index (χ1) is 6.54. The van der Waals surface area contributed by atoms with Gasteiger partial charge in [-0.15, -0.1) is 0 Å². The number of nitrogens with zero attached hydrogens (tertiary/aromatic N) is 2. The van der Waals surface area contributed by atoms with E-state index >= 15 is 0 Å². The molecular weight excluding hydrogens is 198 g/mol. The van der Waals surface area contributed by atoms with Crippen molar-refractivity contribution in [3.63, 3.8) is 0 Å². The zero-order chi connectivity index (χ0) is 10.7. The maximum Gasteiger partial charge on any atom is 0.364 e. The minimum absolute atomic E-state index is 0.0435. The van der Waals surface area contributed by atoms with Crippen LogP contribution in [0.2, 0.25) is 0 Å². The predicted octanol–water partition coefficient (Wildman–Crippen LogP) is 1.42. The first-order valence-electron chi connectivity index (χ1n) is 3.59. The van der Waals surface area contributed by atoms with Crippen LogP contribution in [0, 0.1) is 10.1 Å². The summed E-state index contributed by atoms with van der Waals surface area (Å²) in [4.78, 5) is 12.5. The second kappa shape index (κ2) is 4.05.